The van der Waals surface area contributed by atoms with Gasteiger partial charge in [-0.3, -0.25) is 4.79 Å². The second-order valence-corrected chi connectivity index (χ2v) is 6.26. The Bertz CT molecular complexity index is 282. The van der Waals surface area contributed by atoms with Gasteiger partial charge in [0.15, 0.2) is 0 Å². The summed E-state index contributed by atoms with van der Waals surface area (Å²) in [7, 11) is 0. The molecule has 0 spiro atoms. The minimum Gasteiger partial charge on any atom is -0.389 e. The van der Waals surface area contributed by atoms with Crippen molar-refractivity contribution in [1.29, 1.82) is 0 Å². The Balaban J connectivity index is 1.57. The zero-order chi connectivity index (χ0) is 13.0. The van der Waals surface area contributed by atoms with Crippen molar-refractivity contribution in [3.63, 3.8) is 0 Å². The summed E-state index contributed by atoms with van der Waals surface area (Å²) in [5.41, 5.74) is -0.594. The molecule has 18 heavy (non-hydrogen) atoms. The minimum atomic E-state index is -0.594. The van der Waals surface area contributed by atoms with Crippen molar-refractivity contribution in [2.24, 2.45) is 11.8 Å². The second-order valence-electron chi connectivity index (χ2n) is 6.26. The van der Waals surface area contributed by atoms with Crippen LogP contribution in [0, 0.1) is 11.8 Å². The number of carbonyl (C=O) groups is 1. The monoisotopic (exact) mass is 254 g/mol. The third-order valence-corrected chi connectivity index (χ3v) is 4.23. The highest BCUT2D eigenvalue weighted by atomic mass is 16.3. The van der Waals surface area contributed by atoms with Gasteiger partial charge in [-0.2, -0.15) is 0 Å². The van der Waals surface area contributed by atoms with Crippen LogP contribution in [0.1, 0.15) is 45.4 Å². The first-order valence-corrected chi connectivity index (χ1v) is 7.27. The highest BCUT2D eigenvalue weighted by Crippen LogP contribution is 2.31. The summed E-state index contributed by atoms with van der Waals surface area (Å²) in [6, 6.07) is 0. The number of rotatable bonds is 6. The maximum atomic E-state index is 11.5. The SMILES string of the molecule is CC1CCC(O)(CNCC(=O)NCC2CC2)CC1. The number of hydrogen-bond acceptors (Lipinski definition) is 3. The molecule has 2 saturated carbocycles. The van der Waals surface area contributed by atoms with Gasteiger partial charge in [-0.1, -0.05) is 6.92 Å². The zero-order valence-electron chi connectivity index (χ0n) is 11.4. The summed E-state index contributed by atoms with van der Waals surface area (Å²) in [6.07, 6.45) is 6.39. The molecule has 0 saturated heterocycles. The molecule has 0 aromatic rings. The molecule has 4 heteroatoms. The second kappa shape index (κ2) is 6.02. The van der Waals surface area contributed by atoms with Gasteiger partial charge in [0.2, 0.25) is 5.91 Å². The van der Waals surface area contributed by atoms with Gasteiger partial charge in [-0.05, 0) is 50.4 Å². The summed E-state index contributed by atoms with van der Waals surface area (Å²) >= 11 is 0. The Hall–Kier alpha value is -0.610. The molecular weight excluding hydrogens is 228 g/mol. The van der Waals surface area contributed by atoms with E-state index in [9.17, 15) is 9.90 Å². The molecule has 0 atom stereocenters. The van der Waals surface area contributed by atoms with Crippen LogP contribution in [-0.4, -0.2) is 36.2 Å². The van der Waals surface area contributed by atoms with Crippen molar-refractivity contribution in [3.8, 4) is 0 Å². The third-order valence-electron chi connectivity index (χ3n) is 4.23. The van der Waals surface area contributed by atoms with E-state index in [1.54, 1.807) is 0 Å². The van der Waals surface area contributed by atoms with E-state index >= 15 is 0 Å². The Morgan fingerprint density at radius 1 is 1.28 bits per heavy atom. The molecule has 104 valence electrons. The standard InChI is InChI=1S/C14H26N2O2/c1-11-4-6-14(18,7-5-11)10-15-9-13(17)16-8-12-2-3-12/h11-12,15,18H,2-10H2,1H3,(H,16,17). The molecule has 2 fully saturated rings. The van der Waals surface area contributed by atoms with E-state index in [2.05, 4.69) is 17.6 Å². The number of nitrogens with one attached hydrogen (secondary N) is 2. The van der Waals surface area contributed by atoms with Crippen molar-refractivity contribution < 1.29 is 9.90 Å². The number of carbonyl (C=O) groups excluding carboxylic acids is 1. The van der Waals surface area contributed by atoms with Crippen molar-refractivity contribution in [3.05, 3.63) is 0 Å². The van der Waals surface area contributed by atoms with Crippen LogP contribution in [0.5, 0.6) is 0 Å². The highest BCUT2D eigenvalue weighted by Gasteiger charge is 2.31. The van der Waals surface area contributed by atoms with E-state index in [-0.39, 0.29) is 5.91 Å². The molecule has 0 aromatic heterocycles. The summed E-state index contributed by atoms with van der Waals surface area (Å²) in [5.74, 6) is 1.50. The maximum absolute atomic E-state index is 11.5. The predicted octanol–water partition coefficient (Wildman–Crippen LogP) is 1.04. The molecule has 2 aliphatic rings. The fraction of sp³-hybridized carbons (Fsp3) is 0.929. The first kappa shape index (κ1) is 13.8. The maximum Gasteiger partial charge on any atom is 0.233 e. The molecule has 0 radical (unpaired) electrons. The van der Waals surface area contributed by atoms with Gasteiger partial charge in [0.05, 0.1) is 12.1 Å². The van der Waals surface area contributed by atoms with E-state index in [4.69, 9.17) is 0 Å². The number of aliphatic hydroxyl groups is 1. The molecule has 0 bridgehead atoms. The molecule has 3 N–H and O–H groups in total. The number of hydrogen-bond donors (Lipinski definition) is 3. The van der Waals surface area contributed by atoms with Gasteiger partial charge in [-0.25, -0.2) is 0 Å². The van der Waals surface area contributed by atoms with Gasteiger partial charge >= 0.3 is 0 Å². The summed E-state index contributed by atoms with van der Waals surface area (Å²) in [5, 5.41) is 16.3. The fourth-order valence-corrected chi connectivity index (χ4v) is 2.53. The van der Waals surface area contributed by atoms with Gasteiger partial charge in [0.25, 0.3) is 0 Å². The van der Waals surface area contributed by atoms with E-state index in [1.165, 1.54) is 12.8 Å². The summed E-state index contributed by atoms with van der Waals surface area (Å²) < 4.78 is 0. The quantitative estimate of drug-likeness (QED) is 0.664. The first-order chi connectivity index (χ1) is 8.57. The molecule has 0 aliphatic heterocycles. The molecule has 0 heterocycles. The minimum absolute atomic E-state index is 0.0506. The summed E-state index contributed by atoms with van der Waals surface area (Å²) in [6.45, 7) is 3.92. The third kappa shape index (κ3) is 4.58. The van der Waals surface area contributed by atoms with Crippen LogP contribution in [0.25, 0.3) is 0 Å². The van der Waals surface area contributed by atoms with E-state index in [0.29, 0.717) is 13.1 Å². The van der Waals surface area contributed by atoms with Gasteiger partial charge in [0.1, 0.15) is 0 Å². The lowest BCUT2D eigenvalue weighted by molar-refractivity contribution is -0.120. The van der Waals surface area contributed by atoms with Crippen molar-refractivity contribution in [2.75, 3.05) is 19.6 Å². The zero-order valence-corrected chi connectivity index (χ0v) is 11.4. The van der Waals surface area contributed by atoms with Crippen molar-refractivity contribution >= 4 is 5.91 Å². The molecule has 1 amide bonds. The van der Waals surface area contributed by atoms with Gasteiger partial charge in [-0.15, -0.1) is 0 Å². The average Bonchev–Trinajstić information content (AvgIpc) is 3.15. The molecule has 4 nitrogen and oxygen atoms in total. The van der Waals surface area contributed by atoms with E-state index in [1.807, 2.05) is 0 Å². The summed E-state index contributed by atoms with van der Waals surface area (Å²) in [4.78, 5) is 11.5. The van der Waals surface area contributed by atoms with Gasteiger partial charge in [0, 0.05) is 13.1 Å². The predicted molar refractivity (Wildman–Crippen MR) is 71.2 cm³/mol. The van der Waals surface area contributed by atoms with E-state index < -0.39 is 5.60 Å². The molecule has 0 unspecified atom stereocenters. The fourth-order valence-electron chi connectivity index (χ4n) is 2.53. The van der Waals surface area contributed by atoms with Crippen LogP contribution in [0.4, 0.5) is 0 Å². The van der Waals surface area contributed by atoms with E-state index in [0.717, 1.165) is 44.1 Å². The topological polar surface area (TPSA) is 61.4 Å². The van der Waals surface area contributed by atoms with Crippen LogP contribution in [0.15, 0.2) is 0 Å². The molecular formula is C14H26N2O2. The normalized spacial score (nSPS) is 32.2. The van der Waals surface area contributed by atoms with Crippen molar-refractivity contribution in [2.45, 2.75) is 51.0 Å². The van der Waals surface area contributed by atoms with Crippen molar-refractivity contribution in [1.82, 2.24) is 10.6 Å². The Morgan fingerprint density at radius 2 is 1.94 bits per heavy atom. The highest BCUT2D eigenvalue weighted by molar-refractivity contribution is 5.78. The van der Waals surface area contributed by atoms with Crippen LogP contribution in [0.3, 0.4) is 0 Å². The lowest BCUT2D eigenvalue weighted by Gasteiger charge is -2.35. The largest absolute Gasteiger partial charge is 0.389 e. The lowest BCUT2D eigenvalue weighted by atomic mass is 9.79. The van der Waals surface area contributed by atoms with Crippen LogP contribution in [0.2, 0.25) is 0 Å². The lowest BCUT2D eigenvalue weighted by Crippen LogP contribution is -2.46. The average molecular weight is 254 g/mol. The van der Waals surface area contributed by atoms with Crippen LogP contribution in [-0.2, 0) is 4.79 Å². The Morgan fingerprint density at radius 3 is 2.56 bits per heavy atom. The van der Waals surface area contributed by atoms with Gasteiger partial charge < -0.3 is 15.7 Å². The Kier molecular flexibility index (Phi) is 4.62. The Labute approximate surface area is 110 Å². The molecule has 2 rings (SSSR count). The number of amides is 1. The first-order valence-electron chi connectivity index (χ1n) is 7.27. The van der Waals surface area contributed by atoms with Crippen LogP contribution >= 0.6 is 0 Å². The molecule has 0 aromatic carbocycles. The smallest absolute Gasteiger partial charge is 0.233 e. The molecule has 2 aliphatic carbocycles. The van der Waals surface area contributed by atoms with Crippen LogP contribution < -0.4 is 10.6 Å².